The van der Waals surface area contributed by atoms with Crippen LogP contribution in [0.25, 0.3) is 0 Å². The zero-order chi connectivity index (χ0) is 18.4. The highest BCUT2D eigenvalue weighted by molar-refractivity contribution is 7.88. The van der Waals surface area contributed by atoms with E-state index in [-0.39, 0.29) is 25.4 Å². The summed E-state index contributed by atoms with van der Waals surface area (Å²) in [6.07, 6.45) is 3.54. The zero-order valence-corrected chi connectivity index (χ0v) is 16.1. The van der Waals surface area contributed by atoms with Crippen LogP contribution < -0.4 is 4.74 Å². The largest absolute Gasteiger partial charge is 0.496 e. The summed E-state index contributed by atoms with van der Waals surface area (Å²) < 4.78 is 30.9. The molecule has 6 nitrogen and oxygen atoms in total. The van der Waals surface area contributed by atoms with Crippen molar-refractivity contribution in [1.29, 1.82) is 0 Å². The molecule has 0 spiro atoms. The highest BCUT2D eigenvalue weighted by atomic mass is 32.2. The van der Waals surface area contributed by atoms with E-state index in [1.165, 1.54) is 10.6 Å². The lowest BCUT2D eigenvalue weighted by atomic mass is 10.00. The van der Waals surface area contributed by atoms with Crippen LogP contribution >= 0.6 is 0 Å². The van der Waals surface area contributed by atoms with Gasteiger partial charge in [0.05, 0.1) is 13.4 Å². The maximum Gasteiger partial charge on any atom is 0.223 e. The number of ether oxygens (including phenoxy) is 1. The molecule has 1 unspecified atom stereocenters. The van der Waals surface area contributed by atoms with Gasteiger partial charge in [0.2, 0.25) is 15.9 Å². The Morgan fingerprint density at radius 1 is 1.36 bits per heavy atom. The summed E-state index contributed by atoms with van der Waals surface area (Å²) in [4.78, 5) is 14.3. The lowest BCUT2D eigenvalue weighted by molar-refractivity contribution is -0.133. The van der Waals surface area contributed by atoms with E-state index in [0.29, 0.717) is 11.7 Å². The minimum absolute atomic E-state index is 0.0280. The van der Waals surface area contributed by atoms with E-state index >= 15 is 0 Å². The maximum absolute atomic E-state index is 12.4. The second kappa shape index (κ2) is 8.67. The van der Waals surface area contributed by atoms with Gasteiger partial charge in [-0.3, -0.25) is 4.79 Å². The highest BCUT2D eigenvalue weighted by Gasteiger charge is 2.24. The van der Waals surface area contributed by atoms with Gasteiger partial charge in [-0.2, -0.15) is 4.31 Å². The van der Waals surface area contributed by atoms with Crippen LogP contribution in [0.5, 0.6) is 5.75 Å². The molecule has 1 aromatic rings. The summed E-state index contributed by atoms with van der Waals surface area (Å²) in [6.45, 7) is 4.07. The lowest BCUT2D eigenvalue weighted by Crippen LogP contribution is -2.41. The van der Waals surface area contributed by atoms with Crippen molar-refractivity contribution in [2.75, 3.05) is 33.0 Å². The van der Waals surface area contributed by atoms with Crippen LogP contribution in [0.4, 0.5) is 0 Å². The van der Waals surface area contributed by atoms with Gasteiger partial charge in [-0.1, -0.05) is 25.1 Å². The molecule has 1 saturated heterocycles. The quantitative estimate of drug-likeness (QED) is 0.739. The first-order chi connectivity index (χ1) is 11.8. The first kappa shape index (κ1) is 19.7. The Morgan fingerprint density at radius 2 is 2.08 bits per heavy atom. The predicted molar refractivity (Wildman–Crippen MR) is 97.8 cm³/mol. The SMILES string of the molecule is COc1ccccc1CN(CCC(=O)N1CCCC(C)C1)S(C)(=O)=O. The minimum atomic E-state index is -3.42. The molecule has 1 amide bonds. The van der Waals surface area contributed by atoms with E-state index in [0.717, 1.165) is 31.5 Å². The van der Waals surface area contributed by atoms with E-state index in [2.05, 4.69) is 6.92 Å². The van der Waals surface area contributed by atoms with Crippen LogP contribution in [-0.2, 0) is 21.4 Å². The van der Waals surface area contributed by atoms with E-state index in [4.69, 9.17) is 4.74 Å². The Morgan fingerprint density at radius 3 is 2.72 bits per heavy atom. The molecule has 0 saturated carbocycles. The third-order valence-corrected chi connectivity index (χ3v) is 5.84. The van der Waals surface area contributed by atoms with E-state index in [9.17, 15) is 13.2 Å². The Kier molecular flexibility index (Phi) is 6.84. The Balaban J connectivity index is 2.02. The average molecular weight is 368 g/mol. The molecule has 0 aliphatic carbocycles. The highest BCUT2D eigenvalue weighted by Crippen LogP contribution is 2.21. The van der Waals surface area contributed by atoms with Crippen LogP contribution in [0.3, 0.4) is 0 Å². The molecule has 7 heteroatoms. The third-order valence-electron chi connectivity index (χ3n) is 4.59. The van der Waals surface area contributed by atoms with E-state index in [1.807, 2.05) is 23.1 Å². The molecule has 0 aromatic heterocycles. The minimum Gasteiger partial charge on any atom is -0.496 e. The smallest absolute Gasteiger partial charge is 0.223 e. The molecule has 140 valence electrons. The number of amides is 1. The summed E-state index contributed by atoms with van der Waals surface area (Å²) in [6, 6.07) is 7.33. The van der Waals surface area contributed by atoms with Crippen molar-refractivity contribution in [2.45, 2.75) is 32.7 Å². The van der Waals surface area contributed by atoms with Crippen LogP contribution in [0.1, 0.15) is 31.7 Å². The standard InChI is InChI=1S/C18H28N2O4S/c1-15-7-6-11-19(13-15)18(21)10-12-20(25(3,22)23)14-16-8-4-5-9-17(16)24-2/h4-5,8-9,15H,6-7,10-14H2,1-3H3. The number of methoxy groups -OCH3 is 1. The Labute approximate surface area is 150 Å². The van der Waals surface area contributed by atoms with Crippen molar-refractivity contribution in [3.63, 3.8) is 0 Å². The molecule has 2 rings (SSSR count). The van der Waals surface area contributed by atoms with Gasteiger partial charge in [0, 0.05) is 38.2 Å². The fourth-order valence-corrected chi connectivity index (χ4v) is 3.98. The van der Waals surface area contributed by atoms with E-state index < -0.39 is 10.0 Å². The van der Waals surface area contributed by atoms with Crippen molar-refractivity contribution in [3.8, 4) is 5.75 Å². The lowest BCUT2D eigenvalue weighted by Gasteiger charge is -2.31. The summed E-state index contributed by atoms with van der Waals surface area (Å²) in [5, 5.41) is 0. The first-order valence-electron chi connectivity index (χ1n) is 8.66. The number of hydrogen-bond donors (Lipinski definition) is 0. The van der Waals surface area contributed by atoms with Crippen molar-refractivity contribution in [1.82, 2.24) is 9.21 Å². The monoisotopic (exact) mass is 368 g/mol. The fraction of sp³-hybridized carbons (Fsp3) is 0.611. The van der Waals surface area contributed by atoms with Gasteiger partial charge in [-0.15, -0.1) is 0 Å². The number of benzene rings is 1. The van der Waals surface area contributed by atoms with Gasteiger partial charge in [0.1, 0.15) is 5.75 Å². The molecule has 1 aliphatic rings. The number of nitrogens with zero attached hydrogens (tertiary/aromatic N) is 2. The predicted octanol–water partition coefficient (Wildman–Crippen LogP) is 2.11. The van der Waals surface area contributed by atoms with Gasteiger partial charge < -0.3 is 9.64 Å². The second-order valence-electron chi connectivity index (χ2n) is 6.75. The number of hydrogen-bond acceptors (Lipinski definition) is 4. The normalized spacial score (nSPS) is 18.4. The molecule has 0 N–H and O–H groups in total. The summed E-state index contributed by atoms with van der Waals surface area (Å²) in [5.74, 6) is 1.19. The molecular formula is C18H28N2O4S. The first-order valence-corrected chi connectivity index (χ1v) is 10.5. The van der Waals surface area contributed by atoms with Crippen LogP contribution in [0.15, 0.2) is 24.3 Å². The Bertz CT molecular complexity index is 690. The van der Waals surface area contributed by atoms with Gasteiger partial charge in [0.15, 0.2) is 0 Å². The third kappa shape index (κ3) is 5.71. The molecule has 1 aliphatic heterocycles. The summed E-state index contributed by atoms with van der Waals surface area (Å²) >= 11 is 0. The molecule has 1 aromatic carbocycles. The molecule has 0 radical (unpaired) electrons. The fourth-order valence-electron chi connectivity index (χ4n) is 3.18. The van der Waals surface area contributed by atoms with Crippen LogP contribution in [-0.4, -0.2) is 56.5 Å². The topological polar surface area (TPSA) is 66.9 Å². The van der Waals surface area contributed by atoms with Crippen molar-refractivity contribution in [3.05, 3.63) is 29.8 Å². The number of carbonyl (C=O) groups excluding carboxylic acids is 1. The number of carbonyl (C=O) groups is 1. The van der Waals surface area contributed by atoms with Crippen molar-refractivity contribution in [2.24, 2.45) is 5.92 Å². The summed E-state index contributed by atoms with van der Waals surface area (Å²) in [7, 11) is -1.86. The number of piperidine rings is 1. The number of likely N-dealkylation sites (tertiary alicyclic amines) is 1. The van der Waals surface area contributed by atoms with Gasteiger partial charge in [0.25, 0.3) is 0 Å². The van der Waals surface area contributed by atoms with E-state index in [1.54, 1.807) is 13.2 Å². The molecule has 1 heterocycles. The van der Waals surface area contributed by atoms with Gasteiger partial charge >= 0.3 is 0 Å². The van der Waals surface area contributed by atoms with Crippen molar-refractivity contribution < 1.29 is 17.9 Å². The van der Waals surface area contributed by atoms with Crippen LogP contribution in [0.2, 0.25) is 0 Å². The Hall–Kier alpha value is -1.60. The number of sulfonamides is 1. The number of rotatable bonds is 7. The molecule has 1 fully saturated rings. The average Bonchev–Trinajstić information content (AvgIpc) is 2.57. The molecular weight excluding hydrogens is 340 g/mol. The molecule has 1 atom stereocenters. The van der Waals surface area contributed by atoms with Crippen LogP contribution in [0, 0.1) is 5.92 Å². The van der Waals surface area contributed by atoms with Gasteiger partial charge in [-0.25, -0.2) is 8.42 Å². The summed E-state index contributed by atoms with van der Waals surface area (Å²) in [5.41, 5.74) is 0.787. The maximum atomic E-state index is 12.4. The molecule has 25 heavy (non-hydrogen) atoms. The van der Waals surface area contributed by atoms with Crippen molar-refractivity contribution >= 4 is 15.9 Å². The second-order valence-corrected chi connectivity index (χ2v) is 8.73. The van der Waals surface area contributed by atoms with Gasteiger partial charge in [-0.05, 0) is 24.8 Å². The zero-order valence-electron chi connectivity index (χ0n) is 15.3. The molecule has 0 bridgehead atoms. The number of para-hydroxylation sites is 1.